The zero-order valence-corrected chi connectivity index (χ0v) is 12.3. The first kappa shape index (κ1) is 14.9. The highest BCUT2D eigenvalue weighted by molar-refractivity contribution is 5.78. The van der Waals surface area contributed by atoms with Gasteiger partial charge in [-0.3, -0.25) is 4.79 Å². The second kappa shape index (κ2) is 7.29. The van der Waals surface area contributed by atoms with Crippen molar-refractivity contribution in [2.75, 3.05) is 26.2 Å². The first-order valence-electron chi connectivity index (χ1n) is 7.37. The van der Waals surface area contributed by atoms with E-state index < -0.39 is 0 Å². The highest BCUT2D eigenvalue weighted by atomic mass is 16.5. The number of carbonyl (C=O) groups is 1. The molecule has 1 aliphatic heterocycles. The Morgan fingerprint density at radius 2 is 2.20 bits per heavy atom. The normalized spacial score (nSPS) is 20.5. The van der Waals surface area contributed by atoms with E-state index in [4.69, 9.17) is 4.74 Å². The SMILES string of the molecule is CC1CN(C(=O)C(C)CCOc2ccccc2)CCN1. The lowest BCUT2D eigenvalue weighted by molar-refractivity contribution is -0.136. The van der Waals surface area contributed by atoms with Gasteiger partial charge in [0.2, 0.25) is 5.91 Å². The fourth-order valence-corrected chi connectivity index (χ4v) is 2.44. The van der Waals surface area contributed by atoms with Crippen LogP contribution in [0.25, 0.3) is 0 Å². The molecule has 1 saturated heterocycles. The zero-order valence-electron chi connectivity index (χ0n) is 12.3. The van der Waals surface area contributed by atoms with Gasteiger partial charge in [0.1, 0.15) is 5.75 Å². The van der Waals surface area contributed by atoms with Crippen molar-refractivity contribution >= 4 is 5.91 Å². The number of nitrogens with one attached hydrogen (secondary N) is 1. The number of rotatable bonds is 5. The van der Waals surface area contributed by atoms with Gasteiger partial charge in [0, 0.05) is 31.6 Å². The van der Waals surface area contributed by atoms with Crippen LogP contribution in [0.2, 0.25) is 0 Å². The van der Waals surface area contributed by atoms with Crippen LogP contribution in [0.15, 0.2) is 30.3 Å². The minimum Gasteiger partial charge on any atom is -0.494 e. The fourth-order valence-electron chi connectivity index (χ4n) is 2.44. The molecule has 2 unspecified atom stereocenters. The molecule has 1 aromatic rings. The number of hydrogen-bond acceptors (Lipinski definition) is 3. The zero-order chi connectivity index (χ0) is 14.4. The van der Waals surface area contributed by atoms with E-state index >= 15 is 0 Å². The number of ether oxygens (including phenoxy) is 1. The summed E-state index contributed by atoms with van der Waals surface area (Å²) >= 11 is 0. The largest absolute Gasteiger partial charge is 0.494 e. The van der Waals surface area contributed by atoms with Crippen LogP contribution in [0.1, 0.15) is 20.3 Å². The summed E-state index contributed by atoms with van der Waals surface area (Å²) in [6.07, 6.45) is 0.756. The Bertz CT molecular complexity index is 422. The lowest BCUT2D eigenvalue weighted by Gasteiger charge is -2.33. The van der Waals surface area contributed by atoms with Crippen molar-refractivity contribution in [1.82, 2.24) is 10.2 Å². The van der Waals surface area contributed by atoms with E-state index in [9.17, 15) is 4.79 Å². The molecule has 0 spiro atoms. The third-order valence-corrected chi connectivity index (χ3v) is 3.66. The lowest BCUT2D eigenvalue weighted by atomic mass is 10.1. The van der Waals surface area contributed by atoms with Gasteiger partial charge in [-0.2, -0.15) is 0 Å². The minimum absolute atomic E-state index is 0.0176. The third-order valence-electron chi connectivity index (χ3n) is 3.66. The quantitative estimate of drug-likeness (QED) is 0.893. The smallest absolute Gasteiger partial charge is 0.225 e. The Morgan fingerprint density at radius 1 is 1.45 bits per heavy atom. The molecule has 0 aromatic heterocycles. The number of piperazine rings is 1. The van der Waals surface area contributed by atoms with E-state index in [2.05, 4.69) is 12.2 Å². The Labute approximate surface area is 121 Å². The molecule has 0 bridgehead atoms. The molecule has 1 amide bonds. The Hall–Kier alpha value is -1.55. The number of hydrogen-bond donors (Lipinski definition) is 1. The van der Waals surface area contributed by atoms with E-state index in [1.165, 1.54) is 0 Å². The maximum atomic E-state index is 12.3. The van der Waals surface area contributed by atoms with E-state index in [-0.39, 0.29) is 11.8 Å². The molecular formula is C16H24N2O2. The van der Waals surface area contributed by atoms with Crippen molar-refractivity contribution in [1.29, 1.82) is 0 Å². The monoisotopic (exact) mass is 276 g/mol. The predicted molar refractivity (Wildman–Crippen MR) is 79.8 cm³/mol. The summed E-state index contributed by atoms with van der Waals surface area (Å²) in [5.41, 5.74) is 0. The Kier molecular flexibility index (Phi) is 5.41. The van der Waals surface area contributed by atoms with Gasteiger partial charge in [0.25, 0.3) is 0 Å². The highest BCUT2D eigenvalue weighted by Gasteiger charge is 2.24. The molecule has 1 fully saturated rings. The van der Waals surface area contributed by atoms with Crippen molar-refractivity contribution in [2.45, 2.75) is 26.3 Å². The second-order valence-corrected chi connectivity index (χ2v) is 5.49. The molecule has 2 rings (SSSR count). The van der Waals surface area contributed by atoms with Gasteiger partial charge in [-0.1, -0.05) is 25.1 Å². The average molecular weight is 276 g/mol. The first-order chi connectivity index (χ1) is 9.66. The molecule has 0 saturated carbocycles. The molecule has 4 nitrogen and oxygen atoms in total. The first-order valence-corrected chi connectivity index (χ1v) is 7.37. The highest BCUT2D eigenvalue weighted by Crippen LogP contribution is 2.13. The molecule has 2 atom stereocenters. The van der Waals surface area contributed by atoms with Gasteiger partial charge in [-0.05, 0) is 25.5 Å². The van der Waals surface area contributed by atoms with Gasteiger partial charge in [0.05, 0.1) is 6.61 Å². The van der Waals surface area contributed by atoms with E-state index in [0.29, 0.717) is 12.6 Å². The lowest BCUT2D eigenvalue weighted by Crippen LogP contribution is -2.52. The van der Waals surface area contributed by atoms with E-state index in [1.807, 2.05) is 42.2 Å². The molecule has 0 radical (unpaired) electrons. The number of amides is 1. The molecule has 110 valence electrons. The van der Waals surface area contributed by atoms with Crippen molar-refractivity contribution in [3.8, 4) is 5.75 Å². The maximum Gasteiger partial charge on any atom is 0.225 e. The van der Waals surface area contributed by atoms with Gasteiger partial charge < -0.3 is 15.0 Å². The molecule has 4 heteroatoms. The van der Waals surface area contributed by atoms with Crippen LogP contribution in [0, 0.1) is 5.92 Å². The Balaban J connectivity index is 1.73. The van der Waals surface area contributed by atoms with Gasteiger partial charge in [0.15, 0.2) is 0 Å². The summed E-state index contributed by atoms with van der Waals surface area (Å²) < 4.78 is 5.65. The standard InChI is InChI=1S/C16H24N2O2/c1-13(8-11-20-15-6-4-3-5-7-15)16(19)18-10-9-17-14(2)12-18/h3-7,13-14,17H,8-12H2,1-2H3. The number of para-hydroxylation sites is 1. The van der Waals surface area contributed by atoms with Crippen molar-refractivity contribution in [2.24, 2.45) is 5.92 Å². The third kappa shape index (κ3) is 4.23. The van der Waals surface area contributed by atoms with Crippen LogP contribution in [0.4, 0.5) is 0 Å². The molecule has 1 aliphatic rings. The minimum atomic E-state index is 0.0176. The number of benzene rings is 1. The topological polar surface area (TPSA) is 41.6 Å². The number of nitrogens with zero attached hydrogens (tertiary/aromatic N) is 1. The summed E-state index contributed by atoms with van der Waals surface area (Å²) in [7, 11) is 0. The van der Waals surface area contributed by atoms with Crippen molar-refractivity contribution in [3.63, 3.8) is 0 Å². The van der Waals surface area contributed by atoms with Crippen LogP contribution in [-0.4, -0.2) is 43.1 Å². The van der Waals surface area contributed by atoms with E-state index in [0.717, 1.165) is 31.8 Å². The van der Waals surface area contributed by atoms with Crippen LogP contribution in [0.3, 0.4) is 0 Å². The molecule has 1 heterocycles. The molecular weight excluding hydrogens is 252 g/mol. The van der Waals surface area contributed by atoms with Crippen LogP contribution < -0.4 is 10.1 Å². The maximum absolute atomic E-state index is 12.3. The van der Waals surface area contributed by atoms with Gasteiger partial charge in [-0.15, -0.1) is 0 Å². The van der Waals surface area contributed by atoms with Crippen molar-refractivity contribution in [3.05, 3.63) is 30.3 Å². The van der Waals surface area contributed by atoms with Crippen LogP contribution in [-0.2, 0) is 4.79 Å². The summed E-state index contributed by atoms with van der Waals surface area (Å²) in [6, 6.07) is 10.1. The summed E-state index contributed by atoms with van der Waals surface area (Å²) in [6.45, 7) is 7.19. The van der Waals surface area contributed by atoms with Gasteiger partial charge in [-0.25, -0.2) is 0 Å². The van der Waals surface area contributed by atoms with Gasteiger partial charge >= 0.3 is 0 Å². The second-order valence-electron chi connectivity index (χ2n) is 5.49. The Morgan fingerprint density at radius 3 is 2.90 bits per heavy atom. The molecule has 20 heavy (non-hydrogen) atoms. The van der Waals surface area contributed by atoms with Crippen LogP contribution >= 0.6 is 0 Å². The average Bonchev–Trinajstić information content (AvgIpc) is 2.47. The van der Waals surface area contributed by atoms with Crippen molar-refractivity contribution < 1.29 is 9.53 Å². The molecule has 1 N–H and O–H groups in total. The molecule has 0 aliphatic carbocycles. The van der Waals surface area contributed by atoms with E-state index in [1.54, 1.807) is 0 Å². The fraction of sp³-hybridized carbons (Fsp3) is 0.562. The van der Waals surface area contributed by atoms with Crippen LogP contribution in [0.5, 0.6) is 5.75 Å². The summed E-state index contributed by atoms with van der Waals surface area (Å²) in [5.74, 6) is 1.13. The molecule has 1 aromatic carbocycles. The summed E-state index contributed by atoms with van der Waals surface area (Å²) in [5, 5.41) is 3.35. The summed E-state index contributed by atoms with van der Waals surface area (Å²) in [4.78, 5) is 14.3. The number of carbonyl (C=O) groups excluding carboxylic acids is 1. The predicted octanol–water partition coefficient (Wildman–Crippen LogP) is 1.91.